The molecule has 7 nitrogen and oxygen atoms in total. The van der Waals surface area contributed by atoms with Gasteiger partial charge >= 0.3 is 0 Å². The Labute approximate surface area is 157 Å². The van der Waals surface area contributed by atoms with Gasteiger partial charge in [0.15, 0.2) is 0 Å². The molecule has 1 saturated carbocycles. The molecule has 3 aromatic rings. The Morgan fingerprint density at radius 2 is 2.19 bits per heavy atom. The van der Waals surface area contributed by atoms with Gasteiger partial charge in [0.25, 0.3) is 5.91 Å². The van der Waals surface area contributed by atoms with Crippen LogP contribution >= 0.6 is 0 Å². The van der Waals surface area contributed by atoms with Gasteiger partial charge in [-0.25, -0.2) is 0 Å². The van der Waals surface area contributed by atoms with E-state index < -0.39 is 0 Å². The smallest absolute Gasteiger partial charge is 0.251 e. The van der Waals surface area contributed by atoms with E-state index in [-0.39, 0.29) is 24.0 Å². The molecule has 1 atom stereocenters. The Kier molecular flexibility index (Phi) is 4.77. The van der Waals surface area contributed by atoms with Crippen molar-refractivity contribution < 1.29 is 9.90 Å². The van der Waals surface area contributed by atoms with Crippen molar-refractivity contribution in [2.75, 3.05) is 0 Å². The molecule has 0 aliphatic heterocycles. The molecule has 0 unspecified atom stereocenters. The predicted octanol–water partition coefficient (Wildman–Crippen LogP) is 1.91. The zero-order chi connectivity index (χ0) is 18.8. The van der Waals surface area contributed by atoms with Crippen molar-refractivity contribution in [3.63, 3.8) is 0 Å². The van der Waals surface area contributed by atoms with Crippen LogP contribution in [-0.2, 0) is 13.6 Å². The Morgan fingerprint density at radius 3 is 2.85 bits per heavy atom. The summed E-state index contributed by atoms with van der Waals surface area (Å²) >= 11 is 0. The van der Waals surface area contributed by atoms with E-state index in [0.717, 1.165) is 11.1 Å². The Morgan fingerprint density at radius 1 is 1.33 bits per heavy atom. The zero-order valence-corrected chi connectivity index (χ0v) is 15.2. The first-order valence-electron chi connectivity index (χ1n) is 9.12. The lowest BCUT2D eigenvalue weighted by Gasteiger charge is -2.37. The van der Waals surface area contributed by atoms with Crippen molar-refractivity contribution in [1.82, 2.24) is 24.9 Å². The lowest BCUT2D eigenvalue weighted by atomic mass is 9.75. The number of nitrogens with zero attached hydrogens (tertiary/aromatic N) is 4. The Bertz CT molecular complexity index is 912. The minimum Gasteiger partial charge on any atom is -0.393 e. The maximum absolute atomic E-state index is 12.9. The van der Waals surface area contributed by atoms with Crippen LogP contribution in [0.4, 0.5) is 0 Å². The van der Waals surface area contributed by atoms with Crippen molar-refractivity contribution in [3.8, 4) is 0 Å². The number of nitrogens with one attached hydrogen (secondary N) is 1. The van der Waals surface area contributed by atoms with E-state index in [1.165, 1.54) is 0 Å². The number of rotatable bonds is 6. The first-order valence-corrected chi connectivity index (χ1v) is 9.12. The summed E-state index contributed by atoms with van der Waals surface area (Å²) in [5, 5.41) is 21.3. The van der Waals surface area contributed by atoms with Gasteiger partial charge in [0.1, 0.15) is 0 Å². The van der Waals surface area contributed by atoms with E-state index in [9.17, 15) is 9.90 Å². The number of aryl methyl sites for hydroxylation is 1. The number of hydrogen-bond acceptors (Lipinski definition) is 4. The summed E-state index contributed by atoms with van der Waals surface area (Å²) in [6, 6.07) is 9.32. The number of aliphatic hydroxyl groups is 1. The molecule has 4 rings (SSSR count). The molecule has 1 aromatic carbocycles. The lowest BCUT2D eigenvalue weighted by Crippen LogP contribution is -2.41. The van der Waals surface area contributed by atoms with Gasteiger partial charge < -0.3 is 10.4 Å². The van der Waals surface area contributed by atoms with Crippen LogP contribution in [0, 0.1) is 5.92 Å². The first-order chi connectivity index (χ1) is 13.1. The molecule has 1 aliphatic carbocycles. The minimum absolute atomic E-state index is 0.118. The molecule has 0 spiro atoms. The number of amides is 1. The van der Waals surface area contributed by atoms with Gasteiger partial charge in [-0.2, -0.15) is 10.2 Å². The molecule has 1 aliphatic rings. The lowest BCUT2D eigenvalue weighted by molar-refractivity contribution is 0.0235. The predicted molar refractivity (Wildman–Crippen MR) is 99.9 cm³/mol. The number of carbonyl (C=O) groups excluding carboxylic acids is 1. The van der Waals surface area contributed by atoms with E-state index in [1.807, 2.05) is 54.5 Å². The van der Waals surface area contributed by atoms with Gasteiger partial charge in [0.2, 0.25) is 0 Å². The summed E-state index contributed by atoms with van der Waals surface area (Å²) in [6.07, 6.45) is 8.45. The summed E-state index contributed by atoms with van der Waals surface area (Å²) < 4.78 is 3.56. The van der Waals surface area contributed by atoms with Gasteiger partial charge in [-0.1, -0.05) is 12.1 Å². The second-order valence-electron chi connectivity index (χ2n) is 7.19. The highest BCUT2D eigenvalue weighted by Crippen LogP contribution is 2.38. The molecule has 0 bridgehead atoms. The normalized spacial score (nSPS) is 20.1. The molecule has 1 amide bonds. The quantitative estimate of drug-likeness (QED) is 0.699. The Balaban J connectivity index is 1.50. The highest BCUT2D eigenvalue weighted by atomic mass is 16.3. The largest absolute Gasteiger partial charge is 0.393 e. The van der Waals surface area contributed by atoms with Crippen molar-refractivity contribution in [2.24, 2.45) is 13.0 Å². The molecule has 2 aromatic heterocycles. The highest BCUT2D eigenvalue weighted by Gasteiger charge is 2.36. The van der Waals surface area contributed by atoms with Crippen LogP contribution in [0.5, 0.6) is 0 Å². The average Bonchev–Trinajstić information content (AvgIpc) is 3.29. The van der Waals surface area contributed by atoms with Crippen LogP contribution in [0.15, 0.2) is 55.1 Å². The van der Waals surface area contributed by atoms with Crippen LogP contribution < -0.4 is 5.32 Å². The summed E-state index contributed by atoms with van der Waals surface area (Å²) in [5.74, 6) is 0.105. The van der Waals surface area contributed by atoms with E-state index in [2.05, 4.69) is 15.5 Å². The molecule has 2 N–H and O–H groups in total. The fraction of sp³-hybridized carbons (Fsp3) is 0.350. The topological polar surface area (TPSA) is 85.0 Å². The summed E-state index contributed by atoms with van der Waals surface area (Å²) in [4.78, 5) is 12.9. The SMILES string of the molecule is Cn1cc([C@H](NC(=O)c2cccc(Cn3cccn3)c2)C2CC(O)C2)cn1. The number of aliphatic hydroxyl groups excluding tert-OH is 1. The monoisotopic (exact) mass is 365 g/mol. The van der Waals surface area contributed by atoms with Crippen molar-refractivity contribution in [2.45, 2.75) is 31.5 Å². The van der Waals surface area contributed by atoms with E-state index >= 15 is 0 Å². The molecule has 0 saturated heterocycles. The summed E-state index contributed by atoms with van der Waals surface area (Å²) in [6.45, 7) is 0.620. The number of benzene rings is 1. The maximum Gasteiger partial charge on any atom is 0.251 e. The molecule has 140 valence electrons. The Hall–Kier alpha value is -2.93. The second kappa shape index (κ2) is 7.36. The maximum atomic E-state index is 12.9. The molecule has 0 radical (unpaired) electrons. The van der Waals surface area contributed by atoms with Gasteiger partial charge in [-0.15, -0.1) is 0 Å². The number of hydrogen-bond donors (Lipinski definition) is 2. The fourth-order valence-corrected chi connectivity index (χ4v) is 3.59. The number of carbonyl (C=O) groups is 1. The van der Waals surface area contributed by atoms with Crippen LogP contribution in [-0.4, -0.2) is 36.7 Å². The zero-order valence-electron chi connectivity index (χ0n) is 15.2. The van der Waals surface area contributed by atoms with Gasteiger partial charge in [0.05, 0.1) is 24.9 Å². The van der Waals surface area contributed by atoms with Gasteiger partial charge in [0, 0.05) is 36.8 Å². The standard InChI is InChI=1S/C20H23N5O2/c1-24-13-17(11-22-24)19(16-9-18(26)10-16)23-20(27)15-5-2-4-14(8-15)12-25-7-3-6-21-25/h2-8,11,13,16,18-19,26H,9-10,12H2,1H3,(H,23,27)/t16?,18?,19-/m1/s1. The van der Waals surface area contributed by atoms with Crippen molar-refractivity contribution >= 4 is 5.91 Å². The summed E-state index contributed by atoms with van der Waals surface area (Å²) in [7, 11) is 1.86. The van der Waals surface area contributed by atoms with Crippen LogP contribution in [0.2, 0.25) is 0 Å². The highest BCUT2D eigenvalue weighted by molar-refractivity contribution is 5.94. The second-order valence-corrected chi connectivity index (χ2v) is 7.19. The van der Waals surface area contributed by atoms with E-state index in [1.54, 1.807) is 17.1 Å². The molecule has 7 heteroatoms. The molecule has 27 heavy (non-hydrogen) atoms. The minimum atomic E-state index is -0.275. The van der Waals surface area contributed by atoms with Crippen LogP contribution in [0.3, 0.4) is 0 Å². The van der Waals surface area contributed by atoms with Crippen molar-refractivity contribution in [3.05, 3.63) is 71.8 Å². The summed E-state index contributed by atoms with van der Waals surface area (Å²) in [5.41, 5.74) is 2.60. The fourth-order valence-electron chi connectivity index (χ4n) is 3.59. The van der Waals surface area contributed by atoms with Crippen molar-refractivity contribution in [1.29, 1.82) is 0 Å². The van der Waals surface area contributed by atoms with Crippen LogP contribution in [0.25, 0.3) is 0 Å². The average molecular weight is 365 g/mol. The van der Waals surface area contributed by atoms with E-state index in [0.29, 0.717) is 24.9 Å². The first kappa shape index (κ1) is 17.5. The van der Waals surface area contributed by atoms with E-state index in [4.69, 9.17) is 0 Å². The van der Waals surface area contributed by atoms with Crippen LogP contribution in [0.1, 0.15) is 40.4 Å². The molecular formula is C20H23N5O2. The molecule has 2 heterocycles. The molecule has 1 fully saturated rings. The molecular weight excluding hydrogens is 342 g/mol. The van der Waals surface area contributed by atoms with Gasteiger partial charge in [-0.05, 0) is 42.5 Å². The third-order valence-electron chi connectivity index (χ3n) is 5.08. The number of aromatic nitrogens is 4. The van der Waals surface area contributed by atoms with Gasteiger partial charge in [-0.3, -0.25) is 14.2 Å². The third kappa shape index (κ3) is 3.93. The third-order valence-corrected chi connectivity index (χ3v) is 5.08.